The predicted molar refractivity (Wildman–Crippen MR) is 65.3 cm³/mol. The minimum absolute atomic E-state index is 0.160. The van der Waals surface area contributed by atoms with E-state index in [0.29, 0.717) is 5.57 Å². The molecule has 0 fully saturated rings. The van der Waals surface area contributed by atoms with Crippen LogP contribution in [-0.4, -0.2) is 25.9 Å². The molecule has 4 nitrogen and oxygen atoms in total. The lowest BCUT2D eigenvalue weighted by atomic mass is 10.00. The summed E-state index contributed by atoms with van der Waals surface area (Å²) in [5, 5.41) is 3.67. The molecule has 0 aromatic heterocycles. The van der Waals surface area contributed by atoms with E-state index in [0.717, 1.165) is 12.0 Å². The van der Waals surface area contributed by atoms with Gasteiger partial charge in [0.25, 0.3) is 0 Å². The Morgan fingerprint density at radius 2 is 2.31 bits per heavy atom. The van der Waals surface area contributed by atoms with Gasteiger partial charge in [-0.1, -0.05) is 33.2 Å². The van der Waals surface area contributed by atoms with Crippen LogP contribution in [0, 0.1) is 0 Å². The third-order valence-corrected chi connectivity index (χ3v) is 2.55. The molecular formula is C11H12BrNO3. The van der Waals surface area contributed by atoms with Crippen molar-refractivity contribution in [3.05, 3.63) is 34.4 Å². The second-order valence-electron chi connectivity index (χ2n) is 3.00. The first-order chi connectivity index (χ1) is 7.72. The van der Waals surface area contributed by atoms with E-state index in [-0.39, 0.29) is 5.71 Å². The summed E-state index contributed by atoms with van der Waals surface area (Å²) in [5.74, 6) is -0.520. The summed E-state index contributed by atoms with van der Waals surface area (Å²) in [6.07, 6.45) is 6.42. The largest absolute Gasteiger partial charge is 0.464 e. The first-order valence-corrected chi connectivity index (χ1v) is 5.51. The van der Waals surface area contributed by atoms with E-state index < -0.39 is 5.97 Å². The van der Waals surface area contributed by atoms with Gasteiger partial charge in [-0.25, -0.2) is 4.79 Å². The van der Waals surface area contributed by atoms with Crippen molar-refractivity contribution < 1.29 is 14.4 Å². The van der Waals surface area contributed by atoms with Crippen LogP contribution in [0.1, 0.15) is 6.42 Å². The van der Waals surface area contributed by atoms with Crippen molar-refractivity contribution in [3.8, 4) is 0 Å². The molecule has 1 rings (SSSR count). The number of rotatable bonds is 3. The van der Waals surface area contributed by atoms with Crippen molar-refractivity contribution in [1.82, 2.24) is 0 Å². The summed E-state index contributed by atoms with van der Waals surface area (Å²) in [4.78, 5) is 17.9. The van der Waals surface area contributed by atoms with Gasteiger partial charge in [0.15, 0.2) is 5.71 Å². The molecule has 0 aromatic rings. The molecule has 0 aliphatic heterocycles. The second kappa shape index (κ2) is 6.27. The number of halogens is 1. The molecule has 0 unspecified atom stereocenters. The lowest BCUT2D eigenvalue weighted by Gasteiger charge is -2.09. The van der Waals surface area contributed by atoms with Crippen LogP contribution in [0.5, 0.6) is 0 Å². The molecule has 0 radical (unpaired) electrons. The van der Waals surface area contributed by atoms with E-state index in [2.05, 4.69) is 30.7 Å². The number of carbonyl (C=O) groups is 1. The molecule has 1 aliphatic carbocycles. The maximum Gasteiger partial charge on any atom is 0.360 e. The predicted octanol–water partition coefficient (Wildman–Crippen LogP) is 2.33. The molecule has 16 heavy (non-hydrogen) atoms. The Morgan fingerprint density at radius 3 is 2.88 bits per heavy atom. The number of nitrogens with zero attached hydrogens (tertiary/aromatic N) is 1. The van der Waals surface area contributed by atoms with Gasteiger partial charge in [-0.15, -0.1) is 0 Å². The Morgan fingerprint density at radius 1 is 1.56 bits per heavy atom. The third-order valence-electron chi connectivity index (χ3n) is 1.97. The molecule has 0 atom stereocenters. The maximum atomic E-state index is 11.5. The van der Waals surface area contributed by atoms with Gasteiger partial charge in [0.2, 0.25) is 0 Å². The summed E-state index contributed by atoms with van der Waals surface area (Å²) >= 11 is 3.25. The summed E-state index contributed by atoms with van der Waals surface area (Å²) in [6.45, 7) is 0. The Labute approximate surface area is 102 Å². The second-order valence-corrected chi connectivity index (χ2v) is 3.46. The fraction of sp³-hybridized carbons (Fsp3) is 0.273. The number of oxime groups is 1. The summed E-state index contributed by atoms with van der Waals surface area (Å²) in [5.41, 5.74) is 1.88. The standard InChI is InChI=1S/C11H12BrNO3/c1-15-11(14)10(13-16-2)9-5-3-4-8(6-9)7-12/h3,5-7H,4H2,1-2H3. The number of hydrogen-bond acceptors (Lipinski definition) is 4. The van der Waals surface area contributed by atoms with E-state index in [1.165, 1.54) is 14.2 Å². The number of allylic oxidation sites excluding steroid dienone is 4. The van der Waals surface area contributed by atoms with E-state index in [1.54, 1.807) is 4.99 Å². The average Bonchev–Trinajstić information content (AvgIpc) is 2.35. The number of ether oxygens (including phenoxy) is 1. The zero-order chi connectivity index (χ0) is 12.0. The van der Waals surface area contributed by atoms with Gasteiger partial charge in [0, 0.05) is 5.57 Å². The zero-order valence-electron chi connectivity index (χ0n) is 9.07. The normalized spacial score (nSPS) is 18.3. The lowest BCUT2D eigenvalue weighted by molar-refractivity contribution is -0.132. The molecule has 5 heteroatoms. The zero-order valence-corrected chi connectivity index (χ0v) is 10.7. The van der Waals surface area contributed by atoms with Crippen molar-refractivity contribution >= 4 is 27.6 Å². The Bertz CT molecular complexity index is 394. The van der Waals surface area contributed by atoms with E-state index >= 15 is 0 Å². The van der Waals surface area contributed by atoms with Gasteiger partial charge in [0.05, 0.1) is 7.11 Å². The molecular weight excluding hydrogens is 274 g/mol. The topological polar surface area (TPSA) is 47.9 Å². The first-order valence-electron chi connectivity index (χ1n) is 4.60. The van der Waals surface area contributed by atoms with E-state index in [1.807, 2.05) is 18.2 Å². The number of esters is 1. The van der Waals surface area contributed by atoms with Crippen molar-refractivity contribution in [2.24, 2.45) is 5.16 Å². The first kappa shape index (κ1) is 12.7. The third kappa shape index (κ3) is 3.06. The SMILES string of the molecule is CON=C(C(=O)OC)C1=CC(=CBr)CC=C1. The maximum absolute atomic E-state index is 11.5. The molecule has 86 valence electrons. The number of carbonyl (C=O) groups excluding carboxylic acids is 1. The molecule has 0 heterocycles. The van der Waals surface area contributed by atoms with Gasteiger partial charge < -0.3 is 9.57 Å². The number of hydrogen-bond donors (Lipinski definition) is 0. The van der Waals surface area contributed by atoms with Gasteiger partial charge in [0.1, 0.15) is 7.11 Å². The van der Waals surface area contributed by atoms with Gasteiger partial charge in [-0.3, -0.25) is 0 Å². The Kier molecular flexibility index (Phi) is 4.98. The molecule has 0 N–H and O–H groups in total. The molecule has 0 saturated carbocycles. The molecule has 0 bridgehead atoms. The Balaban J connectivity index is 3.05. The van der Waals surface area contributed by atoms with Crippen LogP contribution in [-0.2, 0) is 14.4 Å². The minimum Gasteiger partial charge on any atom is -0.464 e. The van der Waals surface area contributed by atoms with Crippen LogP contribution < -0.4 is 0 Å². The molecule has 0 aromatic carbocycles. The van der Waals surface area contributed by atoms with Crippen molar-refractivity contribution in [2.45, 2.75) is 6.42 Å². The molecule has 0 saturated heterocycles. The van der Waals surface area contributed by atoms with Crippen LogP contribution in [0.2, 0.25) is 0 Å². The average molecular weight is 286 g/mol. The highest BCUT2D eigenvalue weighted by Crippen LogP contribution is 2.18. The summed E-state index contributed by atoms with van der Waals surface area (Å²) in [7, 11) is 2.69. The fourth-order valence-electron chi connectivity index (χ4n) is 1.25. The summed E-state index contributed by atoms with van der Waals surface area (Å²) in [6, 6.07) is 0. The van der Waals surface area contributed by atoms with Crippen molar-refractivity contribution in [3.63, 3.8) is 0 Å². The van der Waals surface area contributed by atoms with Gasteiger partial charge >= 0.3 is 5.97 Å². The van der Waals surface area contributed by atoms with Crippen LogP contribution in [0.4, 0.5) is 0 Å². The monoisotopic (exact) mass is 285 g/mol. The van der Waals surface area contributed by atoms with E-state index in [9.17, 15) is 4.79 Å². The molecule has 0 amide bonds. The Hall–Kier alpha value is -1.36. The van der Waals surface area contributed by atoms with Gasteiger partial charge in [-0.2, -0.15) is 0 Å². The van der Waals surface area contributed by atoms with E-state index in [4.69, 9.17) is 0 Å². The molecule has 1 aliphatic rings. The lowest BCUT2D eigenvalue weighted by Crippen LogP contribution is -2.18. The summed E-state index contributed by atoms with van der Waals surface area (Å²) < 4.78 is 4.63. The quantitative estimate of drug-likeness (QED) is 0.454. The van der Waals surface area contributed by atoms with Crippen LogP contribution in [0.25, 0.3) is 0 Å². The smallest absolute Gasteiger partial charge is 0.360 e. The minimum atomic E-state index is -0.520. The highest BCUT2D eigenvalue weighted by molar-refractivity contribution is 9.11. The molecule has 0 spiro atoms. The van der Waals surface area contributed by atoms with Crippen LogP contribution in [0.15, 0.2) is 39.5 Å². The highest BCUT2D eigenvalue weighted by Gasteiger charge is 2.18. The van der Waals surface area contributed by atoms with Gasteiger partial charge in [-0.05, 0) is 23.1 Å². The van der Waals surface area contributed by atoms with Crippen LogP contribution >= 0.6 is 15.9 Å². The van der Waals surface area contributed by atoms with Crippen molar-refractivity contribution in [1.29, 1.82) is 0 Å². The fourth-order valence-corrected chi connectivity index (χ4v) is 1.57. The van der Waals surface area contributed by atoms with Crippen molar-refractivity contribution in [2.75, 3.05) is 14.2 Å². The number of methoxy groups -OCH3 is 1. The van der Waals surface area contributed by atoms with Crippen LogP contribution in [0.3, 0.4) is 0 Å². The highest BCUT2D eigenvalue weighted by atomic mass is 79.9.